The highest BCUT2D eigenvalue weighted by Gasteiger charge is 2.30. The fraction of sp³-hybridized carbons (Fsp3) is 0.538. The molecule has 0 saturated carbocycles. The number of carbonyl (C=O) groups is 1. The lowest BCUT2D eigenvalue weighted by atomic mass is 10.1. The van der Waals surface area contributed by atoms with Gasteiger partial charge in [-0.1, -0.05) is 13.3 Å². The number of amides is 1. The number of halogens is 3. The molecule has 1 atom stereocenters. The molecule has 1 aromatic rings. The number of alkyl halides is 3. The Hall–Kier alpha value is -1.59. The lowest BCUT2D eigenvalue weighted by molar-refractivity contribution is -0.706. The predicted molar refractivity (Wildman–Crippen MR) is 64.4 cm³/mol. The number of nitrogens with one attached hydrogen (secondary N) is 1. The van der Waals surface area contributed by atoms with Crippen LogP contribution in [0, 0.1) is 0 Å². The summed E-state index contributed by atoms with van der Waals surface area (Å²) in [7, 11) is 0. The van der Waals surface area contributed by atoms with Crippen molar-refractivity contribution >= 4 is 5.91 Å². The molecule has 0 aromatic carbocycles. The maximum absolute atomic E-state index is 12.0. The van der Waals surface area contributed by atoms with Crippen LogP contribution in [0.4, 0.5) is 13.2 Å². The van der Waals surface area contributed by atoms with Crippen LogP contribution in [0.25, 0.3) is 0 Å². The monoisotopic (exact) mass is 275 g/mol. The van der Waals surface area contributed by atoms with Crippen LogP contribution in [0.3, 0.4) is 0 Å². The molecule has 1 rings (SSSR count). The average molecular weight is 275 g/mol. The largest absolute Gasteiger partial charge is 0.405 e. The highest BCUT2D eigenvalue weighted by Crippen LogP contribution is 2.12. The van der Waals surface area contributed by atoms with Crippen LogP contribution in [-0.2, 0) is 11.2 Å². The summed E-state index contributed by atoms with van der Waals surface area (Å²) in [5, 5.41) is 1.88. The van der Waals surface area contributed by atoms with E-state index >= 15 is 0 Å². The van der Waals surface area contributed by atoms with Crippen LogP contribution in [0.15, 0.2) is 24.5 Å². The van der Waals surface area contributed by atoms with Crippen molar-refractivity contribution in [2.45, 2.75) is 38.9 Å². The van der Waals surface area contributed by atoms with Gasteiger partial charge in [0.2, 0.25) is 6.04 Å². The van der Waals surface area contributed by atoms with Crippen molar-refractivity contribution < 1.29 is 22.5 Å². The van der Waals surface area contributed by atoms with Gasteiger partial charge in [-0.25, -0.2) is 0 Å². The Morgan fingerprint density at radius 1 is 1.37 bits per heavy atom. The van der Waals surface area contributed by atoms with Crippen molar-refractivity contribution in [1.29, 1.82) is 0 Å². The van der Waals surface area contributed by atoms with Crippen LogP contribution in [0.5, 0.6) is 0 Å². The van der Waals surface area contributed by atoms with Gasteiger partial charge in [-0.15, -0.1) is 0 Å². The Bertz CT molecular complexity index is 415. The molecule has 0 spiro atoms. The van der Waals surface area contributed by atoms with E-state index in [0.717, 1.165) is 18.4 Å². The van der Waals surface area contributed by atoms with E-state index in [1.807, 2.05) is 17.4 Å². The molecule has 0 aliphatic carbocycles. The first-order valence-corrected chi connectivity index (χ1v) is 6.17. The van der Waals surface area contributed by atoms with Crippen molar-refractivity contribution in [3.63, 3.8) is 0 Å². The van der Waals surface area contributed by atoms with Gasteiger partial charge < -0.3 is 5.32 Å². The van der Waals surface area contributed by atoms with Gasteiger partial charge >= 0.3 is 6.18 Å². The van der Waals surface area contributed by atoms with Crippen LogP contribution in [0.2, 0.25) is 0 Å². The summed E-state index contributed by atoms with van der Waals surface area (Å²) in [6.45, 7) is 2.32. The molecule has 19 heavy (non-hydrogen) atoms. The first-order chi connectivity index (χ1) is 8.83. The molecule has 0 bridgehead atoms. The van der Waals surface area contributed by atoms with Crippen molar-refractivity contribution in [1.82, 2.24) is 5.32 Å². The summed E-state index contributed by atoms with van der Waals surface area (Å²) in [5.74, 6) is -0.648. The van der Waals surface area contributed by atoms with Gasteiger partial charge in [0.25, 0.3) is 5.91 Å². The van der Waals surface area contributed by atoms with Gasteiger partial charge in [-0.05, 0) is 12.0 Å². The molecular formula is C13H18F3N2O+. The number of aryl methyl sites for hydroxylation is 1. The minimum absolute atomic E-state index is 0.648. The van der Waals surface area contributed by atoms with E-state index in [-0.39, 0.29) is 0 Å². The summed E-state index contributed by atoms with van der Waals surface area (Å²) < 4.78 is 37.6. The van der Waals surface area contributed by atoms with Gasteiger partial charge in [0.05, 0.1) is 0 Å². The van der Waals surface area contributed by atoms with Crippen molar-refractivity contribution in [2.24, 2.45) is 0 Å². The molecule has 0 unspecified atom stereocenters. The van der Waals surface area contributed by atoms with Crippen molar-refractivity contribution in [2.75, 3.05) is 6.54 Å². The van der Waals surface area contributed by atoms with E-state index in [4.69, 9.17) is 0 Å². The smallest absolute Gasteiger partial charge is 0.341 e. The lowest BCUT2D eigenvalue weighted by Crippen LogP contribution is -2.48. The van der Waals surface area contributed by atoms with Gasteiger partial charge in [0.15, 0.2) is 12.4 Å². The molecule has 106 valence electrons. The first-order valence-electron chi connectivity index (χ1n) is 6.17. The molecular weight excluding hydrogens is 257 g/mol. The number of aromatic nitrogens is 1. The van der Waals surface area contributed by atoms with E-state index in [0.29, 0.717) is 0 Å². The molecule has 0 fully saturated rings. The average Bonchev–Trinajstić information content (AvgIpc) is 2.35. The first kappa shape index (κ1) is 15.5. The van der Waals surface area contributed by atoms with Gasteiger partial charge in [0.1, 0.15) is 6.54 Å². The zero-order valence-electron chi connectivity index (χ0n) is 11.0. The Morgan fingerprint density at radius 2 is 1.95 bits per heavy atom. The van der Waals surface area contributed by atoms with E-state index < -0.39 is 24.7 Å². The third-order valence-corrected chi connectivity index (χ3v) is 2.75. The number of hydrogen-bond acceptors (Lipinski definition) is 1. The van der Waals surface area contributed by atoms with Crippen LogP contribution < -0.4 is 9.88 Å². The molecule has 3 nitrogen and oxygen atoms in total. The zero-order chi connectivity index (χ0) is 14.5. The van der Waals surface area contributed by atoms with Gasteiger partial charge in [-0.3, -0.25) is 4.79 Å². The summed E-state index contributed by atoms with van der Waals surface area (Å²) in [6, 6.07) is 3.08. The van der Waals surface area contributed by atoms with Crippen molar-refractivity contribution in [3.8, 4) is 0 Å². The Balaban J connectivity index is 2.61. The fourth-order valence-corrected chi connectivity index (χ4v) is 1.65. The summed E-state index contributed by atoms with van der Waals surface area (Å²) in [4.78, 5) is 11.6. The predicted octanol–water partition coefficient (Wildman–Crippen LogP) is 2.17. The number of carbonyl (C=O) groups excluding carboxylic acids is 1. The molecule has 0 radical (unpaired) electrons. The van der Waals surface area contributed by atoms with Crippen LogP contribution in [0.1, 0.15) is 31.9 Å². The zero-order valence-corrected chi connectivity index (χ0v) is 11.0. The second kappa shape index (κ2) is 6.54. The second-order valence-electron chi connectivity index (χ2n) is 4.41. The molecule has 1 heterocycles. The Kier molecular flexibility index (Phi) is 5.32. The van der Waals surface area contributed by atoms with E-state index in [1.54, 1.807) is 23.9 Å². The van der Waals surface area contributed by atoms with Gasteiger partial charge in [-0.2, -0.15) is 17.7 Å². The molecule has 1 N–H and O–H groups in total. The minimum atomic E-state index is -4.38. The molecule has 0 aliphatic heterocycles. The summed E-state index contributed by atoms with van der Waals surface area (Å²) in [5.41, 5.74) is 1.14. The Labute approximate surface area is 110 Å². The fourth-order valence-electron chi connectivity index (χ4n) is 1.65. The maximum Gasteiger partial charge on any atom is 0.405 e. The molecule has 0 aliphatic rings. The molecule has 6 heteroatoms. The standard InChI is InChI=1S/C13H17F3N2O/c1-3-4-11-5-7-18(8-6-11)10(2)12(19)17-9-13(14,15)16/h5-8,10H,3-4,9H2,1-2H3/p+1/t10-/m1/s1. The topological polar surface area (TPSA) is 33.0 Å². The SMILES string of the molecule is CCCc1cc[n+]([C@H](C)C(=O)NCC(F)(F)F)cc1. The van der Waals surface area contributed by atoms with E-state index in [1.165, 1.54) is 0 Å². The van der Waals surface area contributed by atoms with Crippen LogP contribution >= 0.6 is 0 Å². The third kappa shape index (κ3) is 5.28. The minimum Gasteiger partial charge on any atom is -0.341 e. The molecule has 0 saturated heterocycles. The number of nitrogens with zero attached hydrogens (tertiary/aromatic N) is 1. The van der Waals surface area contributed by atoms with Crippen molar-refractivity contribution in [3.05, 3.63) is 30.1 Å². The van der Waals surface area contributed by atoms with E-state index in [2.05, 4.69) is 6.92 Å². The third-order valence-electron chi connectivity index (χ3n) is 2.75. The summed E-state index contributed by atoms with van der Waals surface area (Å²) in [6.07, 6.45) is 0.998. The number of pyridine rings is 1. The summed E-state index contributed by atoms with van der Waals surface area (Å²) >= 11 is 0. The van der Waals surface area contributed by atoms with E-state index in [9.17, 15) is 18.0 Å². The second-order valence-corrected chi connectivity index (χ2v) is 4.41. The molecule has 1 aromatic heterocycles. The lowest BCUT2D eigenvalue weighted by Gasteiger charge is -2.10. The highest BCUT2D eigenvalue weighted by atomic mass is 19.4. The normalized spacial score (nSPS) is 13.1. The highest BCUT2D eigenvalue weighted by molar-refractivity contribution is 5.78. The molecule has 1 amide bonds. The van der Waals surface area contributed by atoms with Gasteiger partial charge in [0, 0.05) is 19.1 Å². The Morgan fingerprint density at radius 3 is 2.42 bits per heavy atom. The van der Waals surface area contributed by atoms with Crippen LogP contribution in [-0.4, -0.2) is 18.6 Å². The number of rotatable bonds is 5. The number of hydrogen-bond donors (Lipinski definition) is 1. The quantitative estimate of drug-likeness (QED) is 0.821. The maximum atomic E-state index is 12.0.